The summed E-state index contributed by atoms with van der Waals surface area (Å²) < 4.78 is 36.8. The van der Waals surface area contributed by atoms with E-state index >= 15 is 0 Å². The SMILES string of the molecule is CCCNC(C)(C#N)CCN(CC)CC(F)(F)F. The molecule has 0 aliphatic rings. The summed E-state index contributed by atoms with van der Waals surface area (Å²) in [5.41, 5.74) is -0.755. The molecule has 0 amide bonds. The fourth-order valence-electron chi connectivity index (χ4n) is 1.57. The van der Waals surface area contributed by atoms with Gasteiger partial charge in [-0.15, -0.1) is 0 Å². The zero-order valence-corrected chi connectivity index (χ0v) is 11.3. The summed E-state index contributed by atoms with van der Waals surface area (Å²) in [4.78, 5) is 1.31. The number of nitriles is 1. The minimum Gasteiger partial charge on any atom is -0.300 e. The van der Waals surface area contributed by atoms with Crippen LogP contribution in [-0.4, -0.2) is 42.8 Å². The van der Waals surface area contributed by atoms with Gasteiger partial charge in [0.2, 0.25) is 0 Å². The average Bonchev–Trinajstić information content (AvgIpc) is 2.30. The first kappa shape index (κ1) is 17.2. The Bertz CT molecular complexity index is 273. The maximum absolute atomic E-state index is 12.3. The lowest BCUT2D eigenvalue weighted by Gasteiger charge is -2.28. The van der Waals surface area contributed by atoms with Crippen LogP contribution in [0, 0.1) is 11.3 Å². The molecule has 0 aliphatic carbocycles. The Morgan fingerprint density at radius 2 is 1.89 bits per heavy atom. The molecule has 0 fully saturated rings. The lowest BCUT2D eigenvalue weighted by Crippen LogP contribution is -2.45. The number of alkyl halides is 3. The van der Waals surface area contributed by atoms with Crippen LogP contribution in [0.4, 0.5) is 13.2 Å². The van der Waals surface area contributed by atoms with Crippen molar-refractivity contribution in [2.45, 2.75) is 45.3 Å². The molecule has 0 aromatic rings. The normalized spacial score (nSPS) is 15.4. The van der Waals surface area contributed by atoms with Gasteiger partial charge in [0, 0.05) is 6.54 Å². The van der Waals surface area contributed by atoms with E-state index in [0.29, 0.717) is 19.5 Å². The number of rotatable bonds is 8. The Kier molecular flexibility index (Phi) is 7.26. The van der Waals surface area contributed by atoms with Crippen molar-refractivity contribution in [3.05, 3.63) is 0 Å². The molecule has 0 saturated carbocycles. The minimum atomic E-state index is -4.18. The highest BCUT2D eigenvalue weighted by atomic mass is 19.4. The van der Waals surface area contributed by atoms with Crippen LogP contribution in [0.2, 0.25) is 0 Å². The number of nitrogens with zero attached hydrogens (tertiary/aromatic N) is 2. The van der Waals surface area contributed by atoms with Crippen molar-refractivity contribution in [1.29, 1.82) is 5.26 Å². The second kappa shape index (κ2) is 7.59. The summed E-state index contributed by atoms with van der Waals surface area (Å²) in [6.45, 7) is 5.76. The molecule has 1 N–H and O–H groups in total. The topological polar surface area (TPSA) is 39.1 Å². The summed E-state index contributed by atoms with van der Waals surface area (Å²) in [5, 5.41) is 12.1. The van der Waals surface area contributed by atoms with E-state index in [9.17, 15) is 13.2 Å². The molecule has 0 aromatic heterocycles. The van der Waals surface area contributed by atoms with Gasteiger partial charge in [-0.2, -0.15) is 18.4 Å². The minimum absolute atomic E-state index is 0.261. The van der Waals surface area contributed by atoms with Gasteiger partial charge in [0.15, 0.2) is 0 Å². The first-order valence-electron chi connectivity index (χ1n) is 6.21. The third-order valence-electron chi connectivity index (χ3n) is 2.79. The summed E-state index contributed by atoms with van der Waals surface area (Å²) in [7, 11) is 0. The lowest BCUT2D eigenvalue weighted by molar-refractivity contribution is -0.145. The predicted molar refractivity (Wildman–Crippen MR) is 65.1 cm³/mol. The molecule has 106 valence electrons. The molecular formula is C12H22F3N3. The fraction of sp³-hybridized carbons (Fsp3) is 0.917. The van der Waals surface area contributed by atoms with Crippen molar-refractivity contribution in [2.75, 3.05) is 26.2 Å². The Balaban J connectivity index is 4.28. The molecule has 0 bridgehead atoms. The van der Waals surface area contributed by atoms with Gasteiger partial charge in [-0.25, -0.2) is 0 Å². The van der Waals surface area contributed by atoms with E-state index in [4.69, 9.17) is 5.26 Å². The largest absolute Gasteiger partial charge is 0.401 e. The van der Waals surface area contributed by atoms with Gasteiger partial charge in [-0.1, -0.05) is 13.8 Å². The molecule has 0 saturated heterocycles. The quantitative estimate of drug-likeness (QED) is 0.733. The van der Waals surface area contributed by atoms with Gasteiger partial charge in [0.05, 0.1) is 12.6 Å². The van der Waals surface area contributed by atoms with Crippen LogP contribution in [0.5, 0.6) is 0 Å². The van der Waals surface area contributed by atoms with Gasteiger partial charge in [-0.3, -0.25) is 10.2 Å². The highest BCUT2D eigenvalue weighted by molar-refractivity contribution is 5.03. The Labute approximate surface area is 107 Å². The fourth-order valence-corrected chi connectivity index (χ4v) is 1.57. The molecule has 0 aromatic carbocycles. The van der Waals surface area contributed by atoms with Crippen molar-refractivity contribution in [1.82, 2.24) is 10.2 Å². The van der Waals surface area contributed by atoms with Crippen LogP contribution in [0.1, 0.15) is 33.6 Å². The van der Waals surface area contributed by atoms with Crippen molar-refractivity contribution in [2.24, 2.45) is 0 Å². The van der Waals surface area contributed by atoms with Crippen molar-refractivity contribution in [3.63, 3.8) is 0 Å². The van der Waals surface area contributed by atoms with E-state index in [1.54, 1.807) is 13.8 Å². The van der Waals surface area contributed by atoms with E-state index in [0.717, 1.165) is 6.42 Å². The first-order valence-corrected chi connectivity index (χ1v) is 6.21. The summed E-state index contributed by atoms with van der Waals surface area (Å²) in [6, 6.07) is 2.14. The monoisotopic (exact) mass is 265 g/mol. The van der Waals surface area contributed by atoms with E-state index in [1.165, 1.54) is 4.90 Å². The lowest BCUT2D eigenvalue weighted by atomic mass is 9.99. The van der Waals surface area contributed by atoms with Gasteiger partial charge >= 0.3 is 6.18 Å². The van der Waals surface area contributed by atoms with Crippen LogP contribution >= 0.6 is 0 Å². The Morgan fingerprint density at radius 3 is 2.28 bits per heavy atom. The number of nitrogens with one attached hydrogen (secondary N) is 1. The third kappa shape index (κ3) is 7.51. The summed E-state index contributed by atoms with van der Waals surface area (Å²) in [6.07, 6.45) is -2.92. The molecule has 1 atom stereocenters. The molecule has 0 heterocycles. The van der Waals surface area contributed by atoms with E-state index in [-0.39, 0.29) is 6.54 Å². The van der Waals surface area contributed by atoms with Crippen LogP contribution in [0.25, 0.3) is 0 Å². The molecule has 0 aliphatic heterocycles. The molecule has 0 spiro atoms. The van der Waals surface area contributed by atoms with Crippen LogP contribution < -0.4 is 5.32 Å². The highest BCUT2D eigenvalue weighted by Crippen LogP contribution is 2.17. The average molecular weight is 265 g/mol. The third-order valence-corrected chi connectivity index (χ3v) is 2.79. The standard InChI is InChI=1S/C12H22F3N3/c1-4-7-17-11(3,9-16)6-8-18(5-2)10-12(13,14)15/h17H,4-8,10H2,1-3H3. The maximum atomic E-state index is 12.3. The van der Waals surface area contributed by atoms with Crippen LogP contribution in [0.3, 0.4) is 0 Å². The molecule has 3 nitrogen and oxygen atoms in total. The van der Waals surface area contributed by atoms with Crippen LogP contribution in [0.15, 0.2) is 0 Å². The molecule has 0 radical (unpaired) electrons. The maximum Gasteiger partial charge on any atom is 0.401 e. The number of hydrogen-bond acceptors (Lipinski definition) is 3. The van der Waals surface area contributed by atoms with E-state index < -0.39 is 18.3 Å². The zero-order valence-electron chi connectivity index (χ0n) is 11.3. The Hall–Kier alpha value is -0.800. The molecule has 1 unspecified atom stereocenters. The van der Waals surface area contributed by atoms with Crippen molar-refractivity contribution < 1.29 is 13.2 Å². The summed E-state index contributed by atoms with van der Waals surface area (Å²) in [5.74, 6) is 0. The molecular weight excluding hydrogens is 243 g/mol. The number of hydrogen-bond donors (Lipinski definition) is 1. The highest BCUT2D eigenvalue weighted by Gasteiger charge is 2.31. The van der Waals surface area contributed by atoms with Gasteiger partial charge < -0.3 is 0 Å². The second-order valence-electron chi connectivity index (χ2n) is 4.60. The second-order valence-corrected chi connectivity index (χ2v) is 4.60. The Morgan fingerprint density at radius 1 is 1.28 bits per heavy atom. The molecule has 18 heavy (non-hydrogen) atoms. The molecule has 6 heteroatoms. The van der Waals surface area contributed by atoms with E-state index in [2.05, 4.69) is 11.4 Å². The zero-order chi connectivity index (χ0) is 14.2. The van der Waals surface area contributed by atoms with E-state index in [1.807, 2.05) is 6.92 Å². The summed E-state index contributed by atoms with van der Waals surface area (Å²) >= 11 is 0. The van der Waals surface area contributed by atoms with Gasteiger partial charge in [-0.05, 0) is 32.9 Å². The first-order chi connectivity index (χ1) is 8.26. The van der Waals surface area contributed by atoms with Crippen molar-refractivity contribution in [3.8, 4) is 6.07 Å². The van der Waals surface area contributed by atoms with Gasteiger partial charge in [0.1, 0.15) is 5.54 Å². The predicted octanol–water partition coefficient (Wildman–Crippen LogP) is 2.54. The van der Waals surface area contributed by atoms with Crippen LogP contribution in [-0.2, 0) is 0 Å². The smallest absolute Gasteiger partial charge is 0.300 e. The number of halogens is 3. The molecule has 0 rings (SSSR count). The van der Waals surface area contributed by atoms with Gasteiger partial charge in [0.25, 0.3) is 0 Å². The van der Waals surface area contributed by atoms with Crippen molar-refractivity contribution >= 4 is 0 Å².